The number of carbonyl (C=O) groups excluding carboxylic acids is 1. The van der Waals surface area contributed by atoms with Crippen LogP contribution in [-0.2, 0) is 4.74 Å². The number of hydrogen-bond acceptors (Lipinski definition) is 3. The Morgan fingerprint density at radius 3 is 2.61 bits per heavy atom. The highest BCUT2D eigenvalue weighted by Gasteiger charge is 2.13. The molecule has 1 aromatic heterocycles. The Kier molecular flexibility index (Phi) is 4.15. The third-order valence-electron chi connectivity index (χ3n) is 3.62. The van der Waals surface area contributed by atoms with Crippen molar-refractivity contribution in [3.63, 3.8) is 0 Å². The van der Waals surface area contributed by atoms with E-state index in [1.807, 2.05) is 57.2 Å². The number of imidazole rings is 1. The predicted octanol–water partition coefficient (Wildman–Crippen LogP) is 4.15. The Hall–Kier alpha value is -2.62. The lowest BCUT2D eigenvalue weighted by Gasteiger charge is -2.08. The van der Waals surface area contributed by atoms with Crippen molar-refractivity contribution >= 4 is 17.0 Å². The normalized spacial score (nSPS) is 11.1. The van der Waals surface area contributed by atoms with Gasteiger partial charge in [-0.3, -0.25) is 4.57 Å². The molecule has 0 aliphatic rings. The van der Waals surface area contributed by atoms with Crippen LogP contribution in [0.25, 0.3) is 16.7 Å². The summed E-state index contributed by atoms with van der Waals surface area (Å²) in [5.74, 6) is 0.911. The molecule has 0 aliphatic carbocycles. The maximum atomic E-state index is 12.1. The van der Waals surface area contributed by atoms with Crippen LogP contribution in [0.1, 0.15) is 30.0 Å². The number of benzene rings is 2. The molecule has 0 unspecified atom stereocenters. The van der Waals surface area contributed by atoms with Crippen LogP contribution in [0, 0.1) is 12.8 Å². The van der Waals surface area contributed by atoms with E-state index in [1.54, 1.807) is 12.1 Å². The number of esters is 1. The third kappa shape index (κ3) is 3.11. The van der Waals surface area contributed by atoms with Crippen LogP contribution >= 0.6 is 0 Å². The SMILES string of the molecule is Cc1nc2cc(C(=O)OCC(C)C)ccc2n1-c1ccccc1. The van der Waals surface area contributed by atoms with Gasteiger partial charge in [-0.1, -0.05) is 32.0 Å². The summed E-state index contributed by atoms with van der Waals surface area (Å²) in [5.41, 5.74) is 3.37. The predicted molar refractivity (Wildman–Crippen MR) is 90.9 cm³/mol. The van der Waals surface area contributed by atoms with E-state index in [9.17, 15) is 4.79 Å². The number of fused-ring (bicyclic) bond motifs is 1. The van der Waals surface area contributed by atoms with Gasteiger partial charge in [0.1, 0.15) is 5.82 Å². The monoisotopic (exact) mass is 308 g/mol. The number of hydrogen-bond donors (Lipinski definition) is 0. The molecule has 0 N–H and O–H groups in total. The zero-order valence-corrected chi connectivity index (χ0v) is 13.6. The number of para-hydroxylation sites is 1. The zero-order chi connectivity index (χ0) is 16.4. The van der Waals surface area contributed by atoms with Crippen LogP contribution in [0.15, 0.2) is 48.5 Å². The van der Waals surface area contributed by atoms with Crippen molar-refractivity contribution in [3.05, 3.63) is 59.9 Å². The molecule has 0 spiro atoms. The van der Waals surface area contributed by atoms with Crippen molar-refractivity contribution in [2.24, 2.45) is 5.92 Å². The molecule has 0 saturated carbocycles. The van der Waals surface area contributed by atoms with Crippen LogP contribution in [0.2, 0.25) is 0 Å². The van der Waals surface area contributed by atoms with E-state index in [2.05, 4.69) is 9.55 Å². The van der Waals surface area contributed by atoms with Gasteiger partial charge >= 0.3 is 5.97 Å². The lowest BCUT2D eigenvalue weighted by atomic mass is 10.2. The van der Waals surface area contributed by atoms with Gasteiger partial charge in [-0.2, -0.15) is 0 Å². The molecule has 0 bridgehead atoms. The molecule has 3 rings (SSSR count). The molecule has 0 fully saturated rings. The number of nitrogens with zero attached hydrogens (tertiary/aromatic N) is 2. The van der Waals surface area contributed by atoms with Crippen molar-refractivity contribution in [3.8, 4) is 5.69 Å². The minimum Gasteiger partial charge on any atom is -0.462 e. The van der Waals surface area contributed by atoms with Crippen molar-refractivity contribution in [1.82, 2.24) is 9.55 Å². The Labute approximate surface area is 135 Å². The number of aromatic nitrogens is 2. The van der Waals surface area contributed by atoms with Gasteiger partial charge in [-0.15, -0.1) is 0 Å². The molecule has 0 saturated heterocycles. The highest BCUT2D eigenvalue weighted by atomic mass is 16.5. The molecule has 0 aliphatic heterocycles. The Bertz CT molecular complexity index is 835. The lowest BCUT2D eigenvalue weighted by molar-refractivity contribution is 0.0459. The Balaban J connectivity index is 1.98. The maximum Gasteiger partial charge on any atom is 0.338 e. The van der Waals surface area contributed by atoms with E-state index in [4.69, 9.17) is 4.74 Å². The second-order valence-corrected chi connectivity index (χ2v) is 6.03. The minimum atomic E-state index is -0.299. The first-order valence-corrected chi connectivity index (χ1v) is 7.78. The van der Waals surface area contributed by atoms with E-state index >= 15 is 0 Å². The van der Waals surface area contributed by atoms with Gasteiger partial charge in [0.2, 0.25) is 0 Å². The van der Waals surface area contributed by atoms with Crippen molar-refractivity contribution in [2.75, 3.05) is 6.61 Å². The number of carbonyl (C=O) groups is 1. The summed E-state index contributed by atoms with van der Waals surface area (Å²) in [4.78, 5) is 16.7. The third-order valence-corrected chi connectivity index (χ3v) is 3.62. The van der Waals surface area contributed by atoms with Crippen molar-refractivity contribution in [2.45, 2.75) is 20.8 Å². The van der Waals surface area contributed by atoms with Crippen LogP contribution in [0.3, 0.4) is 0 Å². The average Bonchev–Trinajstić information content (AvgIpc) is 2.88. The van der Waals surface area contributed by atoms with E-state index in [0.29, 0.717) is 18.1 Å². The molecule has 0 amide bonds. The fourth-order valence-electron chi connectivity index (χ4n) is 2.56. The molecule has 4 heteroatoms. The number of rotatable bonds is 4. The topological polar surface area (TPSA) is 44.1 Å². The summed E-state index contributed by atoms with van der Waals surface area (Å²) in [7, 11) is 0. The molecule has 3 aromatic rings. The minimum absolute atomic E-state index is 0.299. The fourth-order valence-corrected chi connectivity index (χ4v) is 2.56. The van der Waals surface area contributed by atoms with Gasteiger partial charge in [-0.05, 0) is 43.2 Å². The van der Waals surface area contributed by atoms with Crippen LogP contribution in [0.4, 0.5) is 0 Å². The second kappa shape index (κ2) is 6.24. The van der Waals surface area contributed by atoms with Gasteiger partial charge < -0.3 is 4.74 Å². The molecular formula is C19H20N2O2. The second-order valence-electron chi connectivity index (χ2n) is 6.03. The molecule has 1 heterocycles. The van der Waals surface area contributed by atoms with Crippen molar-refractivity contribution in [1.29, 1.82) is 0 Å². The average molecular weight is 308 g/mol. The highest BCUT2D eigenvalue weighted by molar-refractivity contribution is 5.94. The summed E-state index contributed by atoms with van der Waals surface area (Å²) >= 11 is 0. The van der Waals surface area contributed by atoms with E-state index in [0.717, 1.165) is 22.5 Å². The van der Waals surface area contributed by atoms with Gasteiger partial charge in [0.15, 0.2) is 0 Å². The number of aryl methyl sites for hydroxylation is 1. The molecule has 118 valence electrons. The summed E-state index contributed by atoms with van der Waals surface area (Å²) < 4.78 is 7.37. The van der Waals surface area contributed by atoms with Crippen molar-refractivity contribution < 1.29 is 9.53 Å². The highest BCUT2D eigenvalue weighted by Crippen LogP contribution is 2.22. The molecule has 23 heavy (non-hydrogen) atoms. The quantitative estimate of drug-likeness (QED) is 0.680. The first-order chi connectivity index (χ1) is 11.1. The molecular weight excluding hydrogens is 288 g/mol. The largest absolute Gasteiger partial charge is 0.462 e. The standard InChI is InChI=1S/C19H20N2O2/c1-13(2)12-23-19(22)15-9-10-18-17(11-15)20-14(3)21(18)16-7-5-4-6-8-16/h4-11,13H,12H2,1-3H3. The summed E-state index contributed by atoms with van der Waals surface area (Å²) in [6, 6.07) is 15.6. The first kappa shape index (κ1) is 15.3. The van der Waals surface area contributed by atoms with Gasteiger partial charge in [0.25, 0.3) is 0 Å². The molecule has 4 nitrogen and oxygen atoms in total. The van der Waals surface area contributed by atoms with Crippen LogP contribution in [0.5, 0.6) is 0 Å². The molecule has 0 atom stereocenters. The Morgan fingerprint density at radius 1 is 1.17 bits per heavy atom. The molecule has 2 aromatic carbocycles. The van der Waals surface area contributed by atoms with E-state index < -0.39 is 0 Å². The van der Waals surface area contributed by atoms with E-state index in [-0.39, 0.29) is 5.97 Å². The van der Waals surface area contributed by atoms with Gasteiger partial charge in [0.05, 0.1) is 23.2 Å². The molecule has 0 radical (unpaired) electrons. The maximum absolute atomic E-state index is 12.1. The Morgan fingerprint density at radius 2 is 1.91 bits per heavy atom. The van der Waals surface area contributed by atoms with Gasteiger partial charge in [-0.25, -0.2) is 9.78 Å². The zero-order valence-electron chi connectivity index (χ0n) is 13.6. The number of ether oxygens (including phenoxy) is 1. The fraction of sp³-hybridized carbons (Fsp3) is 0.263. The summed E-state index contributed by atoms with van der Waals surface area (Å²) in [6.07, 6.45) is 0. The van der Waals surface area contributed by atoms with Crippen LogP contribution in [-0.4, -0.2) is 22.1 Å². The first-order valence-electron chi connectivity index (χ1n) is 7.78. The van der Waals surface area contributed by atoms with Crippen LogP contribution < -0.4 is 0 Å². The van der Waals surface area contributed by atoms with Gasteiger partial charge in [0, 0.05) is 5.69 Å². The lowest BCUT2D eigenvalue weighted by Crippen LogP contribution is -2.10. The summed E-state index contributed by atoms with van der Waals surface area (Å²) in [6.45, 7) is 6.42. The smallest absolute Gasteiger partial charge is 0.338 e. The van der Waals surface area contributed by atoms with E-state index in [1.165, 1.54) is 0 Å². The summed E-state index contributed by atoms with van der Waals surface area (Å²) in [5, 5.41) is 0.